The fourth-order valence-corrected chi connectivity index (χ4v) is 4.02. The standard InChI is InChI=1S/C16H25N4O5PS/c1-4-9(2)23-7-11-13(25-26(3,22)27)12(21)16(24-11)20-6-5-10-14(17)18-8-19-15(10)20/h5-6,8-9,11-13,16,21H,4,7H2,1-3H3,(H,22,27)(H2,17,18,19)/t9?,11-,12-,13-,16-,26?/m1/s1. The summed E-state index contributed by atoms with van der Waals surface area (Å²) < 4.78 is 19.1. The third-order valence-electron chi connectivity index (χ3n) is 4.56. The number of aliphatic hydroxyl groups is 1. The van der Waals surface area contributed by atoms with Gasteiger partial charge in [-0.25, -0.2) is 9.97 Å². The number of ether oxygens (including phenoxy) is 2. The number of fused-ring (bicyclic) bond motifs is 1. The number of nitrogens with two attached hydrogens (primary N) is 1. The molecule has 0 aliphatic carbocycles. The van der Waals surface area contributed by atoms with E-state index in [1.807, 2.05) is 13.8 Å². The van der Waals surface area contributed by atoms with E-state index in [1.165, 1.54) is 13.0 Å². The van der Waals surface area contributed by atoms with Crippen molar-refractivity contribution in [1.29, 1.82) is 0 Å². The van der Waals surface area contributed by atoms with Crippen molar-refractivity contribution in [3.8, 4) is 0 Å². The molecule has 2 unspecified atom stereocenters. The summed E-state index contributed by atoms with van der Waals surface area (Å²) in [6.45, 7) is 2.59. The topological polar surface area (TPSA) is 125 Å². The van der Waals surface area contributed by atoms with Crippen LogP contribution in [0.15, 0.2) is 18.6 Å². The Hall–Kier alpha value is -1.13. The van der Waals surface area contributed by atoms with E-state index in [1.54, 1.807) is 16.8 Å². The monoisotopic (exact) mass is 416 g/mol. The Bertz CT molecular complexity index is 843. The molecule has 11 heteroatoms. The molecule has 9 nitrogen and oxygen atoms in total. The largest absolute Gasteiger partial charge is 0.386 e. The highest BCUT2D eigenvalue weighted by Crippen LogP contribution is 2.45. The number of hydrogen-bond acceptors (Lipinski definition) is 8. The second-order valence-electron chi connectivity index (χ2n) is 6.70. The van der Waals surface area contributed by atoms with Crippen LogP contribution in [0.5, 0.6) is 0 Å². The first-order valence-corrected chi connectivity index (χ1v) is 11.8. The maximum atomic E-state index is 10.9. The number of nitrogen functional groups attached to an aromatic ring is 1. The van der Waals surface area contributed by atoms with Crippen molar-refractivity contribution in [2.45, 2.75) is 50.9 Å². The summed E-state index contributed by atoms with van der Waals surface area (Å²) in [5.41, 5.74) is 6.42. The Labute approximate surface area is 162 Å². The minimum absolute atomic E-state index is 0.0317. The Balaban J connectivity index is 1.89. The minimum atomic E-state index is -3.02. The molecular weight excluding hydrogens is 391 g/mol. The van der Waals surface area contributed by atoms with E-state index in [2.05, 4.69) is 9.97 Å². The van der Waals surface area contributed by atoms with Crippen LogP contribution < -0.4 is 5.73 Å². The van der Waals surface area contributed by atoms with Gasteiger partial charge in [-0.05, 0) is 31.2 Å². The summed E-state index contributed by atoms with van der Waals surface area (Å²) in [5, 5.41) is 11.5. The van der Waals surface area contributed by atoms with Gasteiger partial charge in [0.25, 0.3) is 0 Å². The molecule has 1 aliphatic rings. The number of nitrogens with zero attached hydrogens (tertiary/aromatic N) is 3. The Kier molecular flexibility index (Phi) is 6.17. The summed E-state index contributed by atoms with van der Waals surface area (Å²) in [6.07, 6.45) is 0.678. The highest BCUT2D eigenvalue weighted by atomic mass is 32.5. The predicted molar refractivity (Wildman–Crippen MR) is 105 cm³/mol. The molecule has 2 aromatic heterocycles. The Morgan fingerprint density at radius 1 is 1.48 bits per heavy atom. The number of aliphatic hydroxyl groups excluding tert-OH is 1. The quantitative estimate of drug-likeness (QED) is 0.574. The molecule has 1 aliphatic heterocycles. The van der Waals surface area contributed by atoms with Crippen LogP contribution in [0.2, 0.25) is 0 Å². The fraction of sp³-hybridized carbons (Fsp3) is 0.625. The Morgan fingerprint density at radius 2 is 2.22 bits per heavy atom. The van der Waals surface area contributed by atoms with Gasteiger partial charge in [0, 0.05) is 12.9 Å². The van der Waals surface area contributed by atoms with Crippen molar-refractivity contribution in [2.24, 2.45) is 0 Å². The SMILES string of the molecule is CCC(C)OC[C@H]1O[C@@H](n2ccc3c(N)ncnc32)[C@H](O)[C@@H]1OP(C)(O)=S. The van der Waals surface area contributed by atoms with Gasteiger partial charge in [-0.2, -0.15) is 0 Å². The lowest BCUT2D eigenvalue weighted by molar-refractivity contribution is -0.0764. The first-order valence-electron chi connectivity index (χ1n) is 8.72. The first-order chi connectivity index (χ1) is 12.7. The lowest BCUT2D eigenvalue weighted by Gasteiger charge is -2.24. The molecule has 4 N–H and O–H groups in total. The second kappa shape index (κ2) is 8.08. The zero-order chi connectivity index (χ0) is 19.8. The summed E-state index contributed by atoms with van der Waals surface area (Å²) in [7, 11) is 0. The maximum absolute atomic E-state index is 10.9. The van der Waals surface area contributed by atoms with E-state index in [-0.39, 0.29) is 12.7 Å². The summed E-state index contributed by atoms with van der Waals surface area (Å²) >= 11 is 5.01. The van der Waals surface area contributed by atoms with Gasteiger partial charge < -0.3 is 34.3 Å². The lowest BCUT2D eigenvalue weighted by Crippen LogP contribution is -2.36. The van der Waals surface area contributed by atoms with Crippen LogP contribution in [-0.4, -0.2) is 62.2 Å². The van der Waals surface area contributed by atoms with Gasteiger partial charge in [-0.3, -0.25) is 0 Å². The van der Waals surface area contributed by atoms with E-state index >= 15 is 0 Å². The van der Waals surface area contributed by atoms with Gasteiger partial charge >= 0.3 is 0 Å². The number of rotatable bonds is 7. The highest BCUT2D eigenvalue weighted by Gasteiger charge is 2.47. The van der Waals surface area contributed by atoms with Gasteiger partial charge in [0.2, 0.25) is 0 Å². The molecule has 0 saturated carbocycles. The van der Waals surface area contributed by atoms with Gasteiger partial charge in [0.1, 0.15) is 36.1 Å². The van der Waals surface area contributed by atoms with Crippen LogP contribution >= 0.6 is 6.49 Å². The van der Waals surface area contributed by atoms with Crippen molar-refractivity contribution >= 4 is 35.1 Å². The molecule has 27 heavy (non-hydrogen) atoms. The normalized spacial score (nSPS) is 29.1. The van der Waals surface area contributed by atoms with E-state index < -0.39 is 31.0 Å². The molecule has 3 heterocycles. The molecule has 150 valence electrons. The number of hydrogen-bond donors (Lipinski definition) is 3. The van der Waals surface area contributed by atoms with Crippen molar-refractivity contribution < 1.29 is 24.0 Å². The summed E-state index contributed by atoms with van der Waals surface area (Å²) in [5.74, 6) is 0.343. The molecule has 0 spiro atoms. The summed E-state index contributed by atoms with van der Waals surface area (Å²) in [6, 6.07) is 1.76. The third kappa shape index (κ3) is 4.48. The van der Waals surface area contributed by atoms with Crippen LogP contribution in [0, 0.1) is 0 Å². The molecule has 0 radical (unpaired) electrons. The Morgan fingerprint density at radius 3 is 2.89 bits per heavy atom. The zero-order valence-electron chi connectivity index (χ0n) is 15.4. The van der Waals surface area contributed by atoms with Gasteiger partial charge in [0.15, 0.2) is 12.7 Å². The molecule has 3 rings (SSSR count). The molecule has 0 amide bonds. The first kappa shape index (κ1) is 20.6. The van der Waals surface area contributed by atoms with E-state index in [0.717, 1.165) is 6.42 Å². The molecule has 1 saturated heterocycles. The minimum Gasteiger partial charge on any atom is -0.386 e. The predicted octanol–water partition coefficient (Wildman–Crippen LogP) is 1.40. The highest BCUT2D eigenvalue weighted by molar-refractivity contribution is 8.09. The van der Waals surface area contributed by atoms with Crippen LogP contribution in [0.25, 0.3) is 11.0 Å². The fourth-order valence-electron chi connectivity index (χ4n) is 3.01. The second-order valence-corrected chi connectivity index (χ2v) is 10.5. The van der Waals surface area contributed by atoms with Crippen LogP contribution in [0.1, 0.15) is 26.5 Å². The molecule has 1 fully saturated rings. The average Bonchev–Trinajstić information content (AvgIpc) is 3.15. The van der Waals surface area contributed by atoms with Crippen molar-refractivity contribution in [3.05, 3.63) is 18.6 Å². The molecule has 0 bridgehead atoms. The van der Waals surface area contributed by atoms with Crippen molar-refractivity contribution in [2.75, 3.05) is 19.0 Å². The van der Waals surface area contributed by atoms with Gasteiger partial charge in [-0.15, -0.1) is 0 Å². The van der Waals surface area contributed by atoms with Crippen molar-refractivity contribution in [1.82, 2.24) is 14.5 Å². The third-order valence-corrected chi connectivity index (χ3v) is 5.45. The lowest BCUT2D eigenvalue weighted by atomic mass is 10.1. The van der Waals surface area contributed by atoms with E-state index in [0.29, 0.717) is 16.9 Å². The average molecular weight is 416 g/mol. The molecule has 0 aromatic carbocycles. The van der Waals surface area contributed by atoms with Crippen LogP contribution in [-0.2, 0) is 25.8 Å². The van der Waals surface area contributed by atoms with E-state index in [9.17, 15) is 10.00 Å². The maximum Gasteiger partial charge on any atom is 0.183 e. The van der Waals surface area contributed by atoms with Crippen LogP contribution in [0.4, 0.5) is 5.82 Å². The van der Waals surface area contributed by atoms with Gasteiger partial charge in [0.05, 0.1) is 18.1 Å². The zero-order valence-corrected chi connectivity index (χ0v) is 17.1. The number of aromatic nitrogens is 3. The number of anilines is 1. The van der Waals surface area contributed by atoms with E-state index in [4.69, 9.17) is 31.5 Å². The molecular formula is C16H25N4O5PS. The molecule has 2 aromatic rings. The van der Waals surface area contributed by atoms with Crippen molar-refractivity contribution in [3.63, 3.8) is 0 Å². The van der Waals surface area contributed by atoms with Crippen LogP contribution in [0.3, 0.4) is 0 Å². The molecule has 6 atom stereocenters. The van der Waals surface area contributed by atoms with Gasteiger partial charge in [-0.1, -0.05) is 6.92 Å². The smallest absolute Gasteiger partial charge is 0.183 e. The summed E-state index contributed by atoms with van der Waals surface area (Å²) in [4.78, 5) is 18.2.